The van der Waals surface area contributed by atoms with E-state index in [9.17, 15) is 44.0 Å². The number of phosphoric acid groups is 2. The normalized spacial score (nSPS) is 22.2. The van der Waals surface area contributed by atoms with Gasteiger partial charge < -0.3 is 44.6 Å². The van der Waals surface area contributed by atoms with Crippen molar-refractivity contribution in [2.24, 2.45) is 0 Å². The van der Waals surface area contributed by atoms with Crippen molar-refractivity contribution in [1.29, 1.82) is 0 Å². The summed E-state index contributed by atoms with van der Waals surface area (Å²) in [5.41, 5.74) is 0. The third-order valence-electron chi connectivity index (χ3n) is 10.7. The summed E-state index contributed by atoms with van der Waals surface area (Å²) in [6.07, 6.45) is 23.9. The first-order chi connectivity index (χ1) is 30.1. The Morgan fingerprint density at radius 1 is 0.524 bits per heavy atom. The summed E-state index contributed by atoms with van der Waals surface area (Å²) in [6.45, 7) is 2.99. The average Bonchev–Trinajstić information content (AvgIpc) is 3.23. The molecule has 63 heavy (non-hydrogen) atoms. The summed E-state index contributed by atoms with van der Waals surface area (Å²) in [7, 11) is -10.7. The van der Waals surface area contributed by atoms with Gasteiger partial charge in [-0.3, -0.25) is 23.2 Å². The number of phosphoric ester groups is 2. The zero-order valence-electron chi connectivity index (χ0n) is 38.0. The molecule has 16 nitrogen and oxygen atoms in total. The summed E-state index contributed by atoms with van der Waals surface area (Å²) >= 11 is 0. The van der Waals surface area contributed by atoms with Crippen molar-refractivity contribution in [1.82, 2.24) is 0 Å². The zero-order valence-corrected chi connectivity index (χ0v) is 39.8. The average molecular weight is 941 g/mol. The number of esters is 2. The quantitative estimate of drug-likeness (QED) is 0.0132. The van der Waals surface area contributed by atoms with Gasteiger partial charge in [-0.25, -0.2) is 9.13 Å². The van der Waals surface area contributed by atoms with E-state index < -0.39 is 83.5 Å². The molecule has 0 saturated heterocycles. The molecular weight excluding hydrogens is 858 g/mol. The van der Waals surface area contributed by atoms with Gasteiger partial charge in [-0.1, -0.05) is 159 Å². The van der Waals surface area contributed by atoms with Gasteiger partial charge in [0.05, 0.1) is 6.61 Å². The molecule has 1 fully saturated rings. The molecule has 0 aromatic carbocycles. The number of aliphatic hydroxyl groups is 4. The molecule has 0 aromatic heterocycles. The van der Waals surface area contributed by atoms with Crippen LogP contribution in [-0.2, 0) is 41.8 Å². The van der Waals surface area contributed by atoms with E-state index in [-0.39, 0.29) is 12.8 Å². The van der Waals surface area contributed by atoms with E-state index in [2.05, 4.69) is 54.8 Å². The molecule has 18 heteroatoms. The molecule has 0 radical (unpaired) electrons. The van der Waals surface area contributed by atoms with Gasteiger partial charge in [0.1, 0.15) is 43.2 Å². The van der Waals surface area contributed by atoms with Gasteiger partial charge in [0.25, 0.3) is 0 Å². The number of unbranched alkanes of at least 4 members (excludes halogenated alkanes) is 19. The third kappa shape index (κ3) is 30.9. The van der Waals surface area contributed by atoms with Gasteiger partial charge in [0.15, 0.2) is 6.10 Å². The minimum absolute atomic E-state index is 0.0260. The molecule has 1 aliphatic carbocycles. The van der Waals surface area contributed by atoms with E-state index in [0.29, 0.717) is 12.8 Å². The van der Waals surface area contributed by atoms with Gasteiger partial charge in [-0.05, 0) is 44.9 Å². The largest absolute Gasteiger partial charge is 0.472 e. The molecule has 1 saturated carbocycles. The van der Waals surface area contributed by atoms with Gasteiger partial charge in [-0.15, -0.1) is 0 Å². The maximum atomic E-state index is 13.0. The first kappa shape index (κ1) is 59.2. The van der Waals surface area contributed by atoms with Crippen LogP contribution in [0.4, 0.5) is 0 Å². The molecule has 0 aromatic rings. The van der Waals surface area contributed by atoms with Crippen molar-refractivity contribution in [3.63, 3.8) is 0 Å². The Kier molecular flexibility index (Phi) is 34.2. The number of carbonyl (C=O) groups excluding carboxylic acids is 2. The maximum Gasteiger partial charge on any atom is 0.472 e. The predicted molar refractivity (Wildman–Crippen MR) is 241 cm³/mol. The van der Waals surface area contributed by atoms with Crippen molar-refractivity contribution < 1.29 is 76.9 Å². The van der Waals surface area contributed by atoms with Crippen LogP contribution in [0.5, 0.6) is 0 Å². The topological polar surface area (TPSA) is 256 Å². The van der Waals surface area contributed by atoms with Crippen LogP contribution in [0.1, 0.15) is 181 Å². The molecule has 0 amide bonds. The van der Waals surface area contributed by atoms with Crippen LogP contribution in [0.2, 0.25) is 0 Å². The maximum absolute atomic E-state index is 13.0. The van der Waals surface area contributed by atoms with E-state index >= 15 is 0 Å². The second-order valence-electron chi connectivity index (χ2n) is 16.5. The molecule has 0 heterocycles. The highest BCUT2D eigenvalue weighted by molar-refractivity contribution is 7.47. The Hall–Kier alpha value is -1.78. The monoisotopic (exact) mass is 941 g/mol. The number of rotatable bonds is 39. The van der Waals surface area contributed by atoms with Crippen LogP contribution >= 0.6 is 15.6 Å². The highest BCUT2D eigenvalue weighted by Gasteiger charge is 2.54. The van der Waals surface area contributed by atoms with Gasteiger partial charge in [0, 0.05) is 12.8 Å². The van der Waals surface area contributed by atoms with Crippen molar-refractivity contribution >= 4 is 27.6 Å². The summed E-state index contributed by atoms with van der Waals surface area (Å²) in [5, 5.41) is 41.2. The summed E-state index contributed by atoms with van der Waals surface area (Å²) in [6, 6.07) is 0. The first-order valence-corrected chi connectivity index (χ1v) is 26.6. The highest BCUT2D eigenvalue weighted by Crippen LogP contribution is 2.49. The minimum Gasteiger partial charge on any atom is -0.462 e. The van der Waals surface area contributed by atoms with Crippen molar-refractivity contribution in [3.05, 3.63) is 36.5 Å². The fraction of sp³-hybridized carbons (Fsp3) is 0.822. The summed E-state index contributed by atoms with van der Waals surface area (Å²) < 4.78 is 49.3. The molecule has 8 atom stereocenters. The molecule has 0 aliphatic heterocycles. The molecule has 5 unspecified atom stereocenters. The second-order valence-corrected chi connectivity index (χ2v) is 19.1. The second kappa shape index (κ2) is 36.4. The Balaban J connectivity index is 2.60. The van der Waals surface area contributed by atoms with E-state index in [4.69, 9.17) is 28.3 Å². The van der Waals surface area contributed by atoms with E-state index in [1.807, 2.05) is 0 Å². The van der Waals surface area contributed by atoms with Gasteiger partial charge >= 0.3 is 27.6 Å². The van der Waals surface area contributed by atoms with Crippen LogP contribution in [0.25, 0.3) is 0 Å². The number of hydrogen-bond acceptors (Lipinski definition) is 13. The lowest BCUT2D eigenvalue weighted by Crippen LogP contribution is -2.64. The predicted octanol–water partition coefficient (Wildman–Crippen LogP) is 8.73. The molecular formula is C45H82O16P2. The Labute approximate surface area is 376 Å². The van der Waals surface area contributed by atoms with Crippen LogP contribution in [-0.4, -0.2) is 103 Å². The van der Waals surface area contributed by atoms with Crippen LogP contribution < -0.4 is 0 Å². The highest BCUT2D eigenvalue weighted by atomic mass is 31.2. The molecule has 0 bridgehead atoms. The minimum atomic E-state index is -5.36. The molecule has 1 rings (SSSR count). The zero-order chi connectivity index (χ0) is 46.8. The number of ether oxygens (including phenoxy) is 2. The lowest BCUT2D eigenvalue weighted by atomic mass is 9.85. The number of carbonyl (C=O) groups is 2. The Morgan fingerprint density at radius 3 is 1.48 bits per heavy atom. The first-order valence-electron chi connectivity index (χ1n) is 23.5. The fourth-order valence-corrected chi connectivity index (χ4v) is 8.64. The van der Waals surface area contributed by atoms with Crippen molar-refractivity contribution in [2.45, 2.75) is 224 Å². The lowest BCUT2D eigenvalue weighted by molar-refractivity contribution is -0.216. The smallest absolute Gasteiger partial charge is 0.462 e. The van der Waals surface area contributed by atoms with E-state index in [1.54, 1.807) is 0 Å². The molecule has 368 valence electrons. The molecule has 1 aliphatic rings. The van der Waals surface area contributed by atoms with E-state index in [0.717, 1.165) is 77.0 Å². The fourth-order valence-electron chi connectivity index (χ4n) is 7.10. The molecule has 7 N–H and O–H groups in total. The Morgan fingerprint density at radius 2 is 0.968 bits per heavy atom. The number of allylic oxidation sites excluding steroid dienone is 6. The van der Waals surface area contributed by atoms with Crippen molar-refractivity contribution in [2.75, 3.05) is 13.2 Å². The Bertz CT molecular complexity index is 1370. The number of hydrogen-bond donors (Lipinski definition) is 7. The van der Waals surface area contributed by atoms with Gasteiger partial charge in [0.2, 0.25) is 0 Å². The third-order valence-corrected chi connectivity index (χ3v) is 12.2. The summed E-state index contributed by atoms with van der Waals surface area (Å²) in [4.78, 5) is 54.2. The number of aliphatic hydroxyl groups excluding tert-OH is 4. The SMILES string of the molecule is CCC=CCC=CCC=CCCCCCCCC(=O)O[C@H](COC(=O)CCCCCCCCCCCCCCCCC)COP(=O)(O)O[C@H]1C(O)C(O)C(O)[C@@H](OP(=O)(O)O)C1O. The van der Waals surface area contributed by atoms with Crippen molar-refractivity contribution in [3.8, 4) is 0 Å². The molecule has 0 spiro atoms. The van der Waals surface area contributed by atoms with E-state index in [1.165, 1.54) is 64.2 Å². The van der Waals surface area contributed by atoms with Gasteiger partial charge in [-0.2, -0.15) is 0 Å². The summed E-state index contributed by atoms with van der Waals surface area (Å²) in [5.74, 6) is -1.22. The standard InChI is InChI=1S/C45H82O16P2/c1-3-5-7-9-11-13-15-17-19-21-23-25-27-29-31-33-38(46)57-35-37(59-39(47)34-32-30-28-26-24-22-20-18-16-14-12-10-8-6-4-2)36-58-63(55,56)61-45-42(50)40(48)41(49)44(43(45)51)60-62(52,53)54/h6,8,12,14,18,20,37,40-45,48-51H,3-5,7,9-11,13,15-17,19,21-36H2,1-2H3,(H,55,56)(H2,52,53,54)/t37-,40?,41?,42?,43?,44-,45+/m1/s1. The van der Waals surface area contributed by atoms with Crippen LogP contribution in [0.3, 0.4) is 0 Å². The van der Waals surface area contributed by atoms with Crippen LogP contribution in [0.15, 0.2) is 36.5 Å². The van der Waals surface area contributed by atoms with Crippen LogP contribution in [0, 0.1) is 0 Å². The lowest BCUT2D eigenvalue weighted by Gasteiger charge is -2.43.